The molecule has 3 aliphatic heterocycles. The van der Waals surface area contributed by atoms with Crippen LogP contribution >= 0.6 is 15.9 Å². The van der Waals surface area contributed by atoms with E-state index in [0.717, 1.165) is 35.8 Å². The lowest BCUT2D eigenvalue weighted by atomic mass is 9.64. The average molecular weight is 364 g/mol. The van der Waals surface area contributed by atoms with Crippen molar-refractivity contribution in [3.63, 3.8) is 0 Å². The lowest BCUT2D eigenvalue weighted by molar-refractivity contribution is -0.169. The predicted octanol–water partition coefficient (Wildman–Crippen LogP) is 3.51. The Morgan fingerprint density at radius 3 is 2.36 bits per heavy atom. The number of rotatable bonds is 3. The summed E-state index contributed by atoms with van der Waals surface area (Å²) in [5.41, 5.74) is 0.737. The molecule has 0 spiro atoms. The van der Waals surface area contributed by atoms with Gasteiger partial charge in [-0.25, -0.2) is 0 Å². The molecule has 5 rings (SSSR count). The molecule has 1 aromatic carbocycles. The van der Waals surface area contributed by atoms with E-state index in [9.17, 15) is 4.79 Å². The van der Waals surface area contributed by atoms with Gasteiger partial charge in [-0.15, -0.1) is 0 Å². The highest BCUT2D eigenvalue weighted by Crippen LogP contribution is 2.46. The number of benzene rings is 1. The molecule has 0 radical (unpaired) electrons. The summed E-state index contributed by atoms with van der Waals surface area (Å²) in [6.45, 7) is 3.29. The summed E-state index contributed by atoms with van der Waals surface area (Å²) in [6.07, 6.45) is 5.45. The van der Waals surface area contributed by atoms with Gasteiger partial charge < -0.3 is 4.74 Å². The van der Waals surface area contributed by atoms with Crippen LogP contribution in [0.1, 0.15) is 37.7 Å². The largest absolute Gasteiger partial charge is 0.460 e. The third-order valence-corrected chi connectivity index (χ3v) is 6.38. The zero-order chi connectivity index (χ0) is 15.2. The van der Waals surface area contributed by atoms with E-state index >= 15 is 0 Å². The fourth-order valence-corrected chi connectivity index (χ4v) is 4.47. The third kappa shape index (κ3) is 2.41. The number of fused-ring (bicyclic) bond motifs is 3. The first kappa shape index (κ1) is 14.7. The Morgan fingerprint density at radius 2 is 1.86 bits per heavy atom. The number of carbonyl (C=O) groups is 1. The average Bonchev–Trinajstić information content (AvgIpc) is 2.49. The van der Waals surface area contributed by atoms with E-state index in [1.807, 2.05) is 12.1 Å². The van der Waals surface area contributed by atoms with Crippen molar-refractivity contribution in [2.75, 3.05) is 19.6 Å². The van der Waals surface area contributed by atoms with Gasteiger partial charge in [0.05, 0.1) is 5.41 Å². The Bertz CT molecular complexity index is 559. The number of carbonyl (C=O) groups excluding carboxylic acids is 1. The molecule has 2 bridgehead atoms. The van der Waals surface area contributed by atoms with Gasteiger partial charge in [-0.05, 0) is 62.4 Å². The van der Waals surface area contributed by atoms with Crippen LogP contribution in [0.5, 0.6) is 0 Å². The molecule has 4 fully saturated rings. The van der Waals surface area contributed by atoms with E-state index in [1.54, 1.807) is 0 Å². The van der Waals surface area contributed by atoms with Gasteiger partial charge in [0.1, 0.15) is 6.10 Å². The van der Waals surface area contributed by atoms with Crippen LogP contribution in [0.4, 0.5) is 0 Å². The van der Waals surface area contributed by atoms with Crippen LogP contribution in [0, 0.1) is 5.92 Å². The molecule has 0 N–H and O–H groups in total. The monoisotopic (exact) mass is 363 g/mol. The third-order valence-electron chi connectivity index (χ3n) is 5.85. The van der Waals surface area contributed by atoms with Crippen molar-refractivity contribution < 1.29 is 9.53 Å². The van der Waals surface area contributed by atoms with Gasteiger partial charge in [0.25, 0.3) is 0 Å². The molecule has 0 aromatic heterocycles. The number of halogens is 1. The van der Waals surface area contributed by atoms with Crippen LogP contribution in [0.2, 0.25) is 0 Å². The molecule has 1 aliphatic carbocycles. The molecule has 3 heterocycles. The standard InChI is InChI=1S/C18H22BrNO2/c19-15-4-2-14(3-5-15)18(8-1-9-18)17(21)22-16-12-20-10-6-13(16)7-11-20/h2-5,13,16H,1,6-12H2. The summed E-state index contributed by atoms with van der Waals surface area (Å²) < 4.78 is 7.08. The minimum absolute atomic E-state index is 0.0137. The predicted molar refractivity (Wildman–Crippen MR) is 88.7 cm³/mol. The number of piperidine rings is 3. The number of hydrogen-bond acceptors (Lipinski definition) is 3. The highest BCUT2D eigenvalue weighted by atomic mass is 79.9. The fraction of sp³-hybridized carbons (Fsp3) is 0.611. The second kappa shape index (κ2) is 5.64. The Hall–Kier alpha value is -0.870. The van der Waals surface area contributed by atoms with Crippen LogP contribution in [-0.2, 0) is 14.9 Å². The molecule has 22 heavy (non-hydrogen) atoms. The number of nitrogens with zero attached hydrogens (tertiary/aromatic N) is 1. The van der Waals surface area contributed by atoms with Crippen LogP contribution < -0.4 is 0 Å². The summed E-state index contributed by atoms with van der Waals surface area (Å²) in [7, 11) is 0. The van der Waals surface area contributed by atoms with E-state index in [-0.39, 0.29) is 17.5 Å². The van der Waals surface area contributed by atoms with Gasteiger partial charge in [0, 0.05) is 11.0 Å². The van der Waals surface area contributed by atoms with E-state index in [0.29, 0.717) is 5.92 Å². The molecule has 3 saturated heterocycles. The van der Waals surface area contributed by atoms with Crippen molar-refractivity contribution in [1.82, 2.24) is 4.90 Å². The normalized spacial score (nSPS) is 32.3. The number of esters is 1. The molecule has 0 amide bonds. The zero-order valence-electron chi connectivity index (χ0n) is 12.8. The highest BCUT2D eigenvalue weighted by Gasteiger charge is 2.49. The number of ether oxygens (including phenoxy) is 1. The second-order valence-electron chi connectivity index (χ2n) is 7.02. The summed E-state index contributed by atoms with van der Waals surface area (Å²) in [6, 6.07) is 8.19. The molecule has 4 aliphatic rings. The van der Waals surface area contributed by atoms with Crippen molar-refractivity contribution in [3.8, 4) is 0 Å². The van der Waals surface area contributed by atoms with Crippen molar-refractivity contribution in [1.29, 1.82) is 0 Å². The van der Waals surface area contributed by atoms with E-state index in [1.165, 1.54) is 25.9 Å². The van der Waals surface area contributed by atoms with Crippen LogP contribution in [-0.4, -0.2) is 36.6 Å². The first-order valence-electron chi connectivity index (χ1n) is 8.37. The summed E-state index contributed by atoms with van der Waals surface area (Å²) in [4.78, 5) is 15.4. The van der Waals surface area contributed by atoms with Crippen LogP contribution in [0.3, 0.4) is 0 Å². The molecule has 1 unspecified atom stereocenters. The topological polar surface area (TPSA) is 29.5 Å². The van der Waals surface area contributed by atoms with Gasteiger partial charge in [-0.1, -0.05) is 34.5 Å². The smallest absolute Gasteiger partial charge is 0.316 e. The molecular formula is C18H22BrNO2. The first-order valence-corrected chi connectivity index (χ1v) is 9.16. The zero-order valence-corrected chi connectivity index (χ0v) is 14.3. The SMILES string of the molecule is O=C(OC1CN2CCC1CC2)C1(c2ccc(Br)cc2)CCC1. The summed E-state index contributed by atoms with van der Waals surface area (Å²) >= 11 is 3.47. The second-order valence-corrected chi connectivity index (χ2v) is 7.94. The Balaban J connectivity index is 1.51. The van der Waals surface area contributed by atoms with E-state index < -0.39 is 0 Å². The lowest BCUT2D eigenvalue weighted by Gasteiger charge is -2.46. The maximum Gasteiger partial charge on any atom is 0.316 e. The molecular weight excluding hydrogens is 342 g/mol. The van der Waals surface area contributed by atoms with Crippen molar-refractivity contribution in [3.05, 3.63) is 34.3 Å². The summed E-state index contributed by atoms with van der Waals surface area (Å²) in [5.74, 6) is 0.593. The lowest BCUT2D eigenvalue weighted by Crippen LogP contribution is -2.54. The minimum atomic E-state index is -0.382. The van der Waals surface area contributed by atoms with Gasteiger partial charge in [0.2, 0.25) is 0 Å². The van der Waals surface area contributed by atoms with Gasteiger partial charge >= 0.3 is 5.97 Å². The molecule has 1 atom stereocenters. The Kier molecular flexibility index (Phi) is 3.77. The molecule has 1 saturated carbocycles. The maximum atomic E-state index is 12.9. The highest BCUT2D eigenvalue weighted by molar-refractivity contribution is 9.10. The van der Waals surface area contributed by atoms with Crippen molar-refractivity contribution in [2.24, 2.45) is 5.92 Å². The summed E-state index contributed by atoms with van der Waals surface area (Å²) in [5, 5.41) is 0. The molecule has 1 aromatic rings. The van der Waals surface area contributed by atoms with Crippen LogP contribution in [0.25, 0.3) is 0 Å². The maximum absolute atomic E-state index is 12.9. The fourth-order valence-electron chi connectivity index (χ4n) is 4.20. The first-order chi connectivity index (χ1) is 10.7. The van der Waals surface area contributed by atoms with Crippen molar-refractivity contribution >= 4 is 21.9 Å². The van der Waals surface area contributed by atoms with Crippen LogP contribution in [0.15, 0.2) is 28.7 Å². The quantitative estimate of drug-likeness (QED) is 0.769. The molecule has 3 nitrogen and oxygen atoms in total. The van der Waals surface area contributed by atoms with E-state index in [2.05, 4.69) is 33.0 Å². The van der Waals surface area contributed by atoms with Crippen molar-refractivity contribution in [2.45, 2.75) is 43.6 Å². The minimum Gasteiger partial charge on any atom is -0.460 e. The Morgan fingerprint density at radius 1 is 1.18 bits per heavy atom. The molecule has 118 valence electrons. The number of hydrogen-bond donors (Lipinski definition) is 0. The Labute approximate surface area is 140 Å². The van der Waals surface area contributed by atoms with Gasteiger partial charge in [-0.2, -0.15) is 0 Å². The van der Waals surface area contributed by atoms with Gasteiger partial charge in [0.15, 0.2) is 0 Å². The van der Waals surface area contributed by atoms with E-state index in [4.69, 9.17) is 4.74 Å². The van der Waals surface area contributed by atoms with Gasteiger partial charge in [-0.3, -0.25) is 9.69 Å². The molecule has 4 heteroatoms.